The molecule has 0 saturated heterocycles. The number of aromatic nitrogens is 2. The van der Waals surface area contributed by atoms with Crippen molar-refractivity contribution < 1.29 is 18.7 Å². The molecule has 30 heavy (non-hydrogen) atoms. The lowest BCUT2D eigenvalue weighted by molar-refractivity contribution is -0.124. The predicted octanol–water partition coefficient (Wildman–Crippen LogP) is 3.53. The van der Waals surface area contributed by atoms with Crippen molar-refractivity contribution in [2.45, 2.75) is 32.2 Å². The lowest BCUT2D eigenvalue weighted by atomic mass is 10.1. The monoisotopic (exact) mass is 407 g/mol. The largest absolute Gasteiger partial charge is 0.451 e. The van der Waals surface area contributed by atoms with Crippen LogP contribution in [0.15, 0.2) is 54.6 Å². The van der Waals surface area contributed by atoms with Gasteiger partial charge in [0.1, 0.15) is 5.82 Å². The van der Waals surface area contributed by atoms with E-state index in [0.717, 1.165) is 36.1 Å². The second kappa shape index (κ2) is 8.49. The molecule has 1 atom stereocenters. The Bertz CT molecular complexity index is 1060. The minimum Gasteiger partial charge on any atom is -0.451 e. The molecule has 1 amide bonds. The Hall–Kier alpha value is -3.48. The molecule has 7 heteroatoms. The van der Waals surface area contributed by atoms with Crippen molar-refractivity contribution in [2.75, 3.05) is 6.61 Å². The van der Waals surface area contributed by atoms with Gasteiger partial charge in [0.05, 0.1) is 11.7 Å². The fraction of sp³-hybridized carbons (Fsp3) is 0.261. The third kappa shape index (κ3) is 4.10. The van der Waals surface area contributed by atoms with Gasteiger partial charge in [-0.1, -0.05) is 30.3 Å². The normalized spacial score (nSPS) is 13.5. The van der Waals surface area contributed by atoms with Gasteiger partial charge < -0.3 is 10.1 Å². The van der Waals surface area contributed by atoms with Gasteiger partial charge in [-0.2, -0.15) is 5.10 Å². The minimum atomic E-state index is -0.628. The molecule has 4 rings (SSSR count). The maximum Gasteiger partial charge on any atom is 0.359 e. The van der Waals surface area contributed by atoms with Crippen molar-refractivity contribution in [1.82, 2.24) is 15.1 Å². The van der Waals surface area contributed by atoms with Crippen molar-refractivity contribution >= 4 is 11.9 Å². The van der Waals surface area contributed by atoms with E-state index in [2.05, 4.69) is 10.4 Å². The maximum absolute atomic E-state index is 13.2. The fourth-order valence-corrected chi connectivity index (χ4v) is 3.70. The van der Waals surface area contributed by atoms with Crippen molar-refractivity contribution in [2.24, 2.45) is 0 Å². The third-order valence-corrected chi connectivity index (χ3v) is 5.21. The first kappa shape index (κ1) is 19.8. The number of nitrogens with zero attached hydrogens (tertiary/aromatic N) is 2. The lowest BCUT2D eigenvalue weighted by Crippen LogP contribution is -2.31. The van der Waals surface area contributed by atoms with E-state index < -0.39 is 5.97 Å². The molecule has 0 radical (unpaired) electrons. The summed E-state index contributed by atoms with van der Waals surface area (Å²) in [5.41, 5.74) is 3.63. The van der Waals surface area contributed by atoms with Crippen LogP contribution in [0.1, 0.15) is 46.7 Å². The molecule has 1 aliphatic rings. The first-order valence-corrected chi connectivity index (χ1v) is 9.91. The molecule has 154 valence electrons. The van der Waals surface area contributed by atoms with Gasteiger partial charge in [-0.05, 0) is 56.0 Å². The number of benzene rings is 2. The van der Waals surface area contributed by atoms with Crippen molar-refractivity contribution in [1.29, 1.82) is 0 Å². The summed E-state index contributed by atoms with van der Waals surface area (Å²) >= 11 is 0. The minimum absolute atomic E-state index is 0.195. The van der Waals surface area contributed by atoms with Gasteiger partial charge in [-0.3, -0.25) is 4.79 Å². The third-order valence-electron chi connectivity index (χ3n) is 5.21. The molecule has 0 fully saturated rings. The fourth-order valence-electron chi connectivity index (χ4n) is 3.70. The molecule has 3 aromatic rings. The number of esters is 1. The van der Waals surface area contributed by atoms with Crippen LogP contribution in [0.25, 0.3) is 5.69 Å². The summed E-state index contributed by atoms with van der Waals surface area (Å²) in [6.07, 6.45) is 2.41. The number of ether oxygens (including phenoxy) is 1. The highest BCUT2D eigenvalue weighted by Crippen LogP contribution is 2.28. The van der Waals surface area contributed by atoms with Crippen LogP contribution in [-0.2, 0) is 22.4 Å². The highest BCUT2D eigenvalue weighted by Gasteiger charge is 2.28. The molecule has 1 heterocycles. The average Bonchev–Trinajstić information content (AvgIpc) is 3.36. The summed E-state index contributed by atoms with van der Waals surface area (Å²) in [5.74, 6) is -1.34. The molecule has 1 N–H and O–H groups in total. The van der Waals surface area contributed by atoms with Crippen LogP contribution in [0.2, 0.25) is 0 Å². The number of rotatable bonds is 6. The van der Waals surface area contributed by atoms with E-state index in [1.54, 1.807) is 16.8 Å². The Morgan fingerprint density at radius 1 is 1.13 bits per heavy atom. The van der Waals surface area contributed by atoms with E-state index in [1.807, 2.05) is 37.3 Å². The van der Waals surface area contributed by atoms with Gasteiger partial charge in [0.15, 0.2) is 12.3 Å². The molecular formula is C23H22FN3O3. The second-order valence-electron chi connectivity index (χ2n) is 7.29. The Morgan fingerprint density at radius 2 is 1.87 bits per heavy atom. The van der Waals surface area contributed by atoms with E-state index >= 15 is 0 Å². The predicted molar refractivity (Wildman–Crippen MR) is 109 cm³/mol. The molecule has 0 aliphatic heterocycles. The maximum atomic E-state index is 13.2. The molecule has 2 aromatic carbocycles. The van der Waals surface area contributed by atoms with Crippen molar-refractivity contribution in [3.63, 3.8) is 0 Å². The summed E-state index contributed by atoms with van der Waals surface area (Å²) in [6.45, 7) is 1.49. The highest BCUT2D eigenvalue weighted by atomic mass is 19.1. The second-order valence-corrected chi connectivity index (χ2v) is 7.29. The van der Waals surface area contributed by atoms with Crippen molar-refractivity contribution in [3.8, 4) is 5.69 Å². The Morgan fingerprint density at radius 3 is 2.60 bits per heavy atom. The average molecular weight is 407 g/mol. The first-order valence-electron chi connectivity index (χ1n) is 9.91. The van der Waals surface area contributed by atoms with Crippen LogP contribution in [0.4, 0.5) is 4.39 Å². The van der Waals surface area contributed by atoms with Crippen LogP contribution < -0.4 is 5.32 Å². The summed E-state index contributed by atoms with van der Waals surface area (Å²) in [6, 6.07) is 15.3. The Kier molecular flexibility index (Phi) is 5.61. The topological polar surface area (TPSA) is 73.2 Å². The van der Waals surface area contributed by atoms with Crippen LogP contribution in [0.5, 0.6) is 0 Å². The van der Waals surface area contributed by atoms with Gasteiger partial charge in [0.25, 0.3) is 5.91 Å². The highest BCUT2D eigenvalue weighted by molar-refractivity contribution is 5.91. The summed E-state index contributed by atoms with van der Waals surface area (Å²) in [7, 11) is 0. The molecule has 1 unspecified atom stereocenters. The molecule has 0 saturated carbocycles. The number of amides is 1. The zero-order valence-corrected chi connectivity index (χ0v) is 16.6. The summed E-state index contributed by atoms with van der Waals surface area (Å²) in [5, 5.41) is 7.22. The number of hydrogen-bond acceptors (Lipinski definition) is 4. The SMILES string of the molecule is CC(NC(=O)COC(=O)c1nn(-c2ccc(F)cc2)c2c1CCC2)c1ccccc1. The smallest absolute Gasteiger partial charge is 0.359 e. The standard InChI is InChI=1S/C23H22FN3O3/c1-15(16-6-3-2-4-7-16)25-21(28)14-30-23(29)22-19-8-5-9-20(19)27(26-22)18-12-10-17(24)11-13-18/h2-4,6-7,10-13,15H,5,8-9,14H2,1H3,(H,25,28). The number of halogens is 1. The van der Waals surface area contributed by atoms with E-state index in [4.69, 9.17) is 4.74 Å². The van der Waals surface area contributed by atoms with E-state index in [-0.39, 0.29) is 30.1 Å². The van der Waals surface area contributed by atoms with E-state index in [9.17, 15) is 14.0 Å². The number of carbonyl (C=O) groups excluding carboxylic acids is 2. The molecule has 1 aromatic heterocycles. The van der Waals surface area contributed by atoms with Gasteiger partial charge in [-0.15, -0.1) is 0 Å². The van der Waals surface area contributed by atoms with E-state index in [1.165, 1.54) is 12.1 Å². The number of hydrogen-bond donors (Lipinski definition) is 1. The number of carbonyl (C=O) groups is 2. The molecule has 0 bridgehead atoms. The number of nitrogens with one attached hydrogen (secondary N) is 1. The lowest BCUT2D eigenvalue weighted by Gasteiger charge is -2.14. The van der Waals surface area contributed by atoms with Gasteiger partial charge in [0.2, 0.25) is 0 Å². The molecule has 6 nitrogen and oxygen atoms in total. The first-order chi connectivity index (χ1) is 14.5. The number of fused-ring (bicyclic) bond motifs is 1. The van der Waals surface area contributed by atoms with Crippen LogP contribution in [-0.4, -0.2) is 28.3 Å². The Labute approximate surface area is 173 Å². The molecule has 1 aliphatic carbocycles. The van der Waals surface area contributed by atoms with Gasteiger partial charge in [-0.25, -0.2) is 13.9 Å². The molecular weight excluding hydrogens is 385 g/mol. The Balaban J connectivity index is 1.43. The summed E-state index contributed by atoms with van der Waals surface area (Å²) in [4.78, 5) is 24.8. The van der Waals surface area contributed by atoms with Crippen molar-refractivity contribution in [3.05, 3.63) is 82.9 Å². The quantitative estimate of drug-likeness (QED) is 0.635. The van der Waals surface area contributed by atoms with Gasteiger partial charge in [0, 0.05) is 11.3 Å². The van der Waals surface area contributed by atoms with Crippen LogP contribution >= 0.6 is 0 Å². The van der Waals surface area contributed by atoms with Crippen LogP contribution in [0, 0.1) is 5.82 Å². The van der Waals surface area contributed by atoms with Crippen LogP contribution in [0.3, 0.4) is 0 Å². The molecule has 0 spiro atoms. The zero-order valence-electron chi connectivity index (χ0n) is 16.6. The summed E-state index contributed by atoms with van der Waals surface area (Å²) < 4.78 is 20.1. The van der Waals surface area contributed by atoms with Gasteiger partial charge >= 0.3 is 5.97 Å². The van der Waals surface area contributed by atoms with E-state index in [0.29, 0.717) is 5.69 Å². The zero-order chi connectivity index (χ0) is 21.1.